The maximum Gasteiger partial charge on any atom is 0.160 e. The van der Waals surface area contributed by atoms with Gasteiger partial charge >= 0.3 is 0 Å². The zero-order valence-corrected chi connectivity index (χ0v) is 23.0. The molecule has 2 aromatic rings. The van der Waals surface area contributed by atoms with Crippen molar-refractivity contribution in [3.8, 4) is 0 Å². The van der Waals surface area contributed by atoms with E-state index in [0.717, 1.165) is 61.0 Å². The average molecular weight is 484 g/mol. The summed E-state index contributed by atoms with van der Waals surface area (Å²) in [5.74, 6) is 0.913. The van der Waals surface area contributed by atoms with Gasteiger partial charge in [-0.1, -0.05) is 70.9 Å². The Balaban J connectivity index is 0.000000779. The minimum absolute atomic E-state index is 0.102. The van der Waals surface area contributed by atoms with Gasteiger partial charge in [0.1, 0.15) is 12.1 Å². The zero-order chi connectivity index (χ0) is 26.4. The molecule has 1 fully saturated rings. The van der Waals surface area contributed by atoms with Crippen molar-refractivity contribution in [1.82, 2.24) is 0 Å². The summed E-state index contributed by atoms with van der Waals surface area (Å²) in [6, 6.07) is 11.7. The maximum absolute atomic E-state index is 14.7. The molecule has 0 unspecified atom stereocenters. The molecule has 1 saturated heterocycles. The van der Waals surface area contributed by atoms with Crippen LogP contribution in [0.15, 0.2) is 36.4 Å². The third-order valence-corrected chi connectivity index (χ3v) is 6.16. The van der Waals surface area contributed by atoms with Gasteiger partial charge in [0.2, 0.25) is 0 Å². The third kappa shape index (κ3) is 10.3. The second-order valence-corrected chi connectivity index (χ2v) is 9.63. The standard InChI is InChI=1S/C25H32FNO.C4H8O.C2H6/c1-4-6-21-13-14-27(17-21)25-12-10-20(16-24(25)26)7-5-8-22-15-18(2)9-11-23(22)19(3)28;1-4(2)3-5;1-2/h9-12,15-16,21H,4-8,13-14,17H2,1-3H3;3-4H,1-2H3;1-2H3/t21-;;/m1../s1. The molecule has 194 valence electrons. The Morgan fingerprint density at radius 2 is 1.83 bits per heavy atom. The molecule has 1 aliphatic heterocycles. The van der Waals surface area contributed by atoms with E-state index in [1.807, 2.05) is 52.8 Å². The topological polar surface area (TPSA) is 37.4 Å². The first-order valence-electron chi connectivity index (χ1n) is 13.3. The lowest BCUT2D eigenvalue weighted by Crippen LogP contribution is -2.20. The van der Waals surface area contributed by atoms with Crippen LogP contribution in [0.4, 0.5) is 10.1 Å². The van der Waals surface area contributed by atoms with Gasteiger partial charge in [0.25, 0.3) is 0 Å². The molecule has 0 spiro atoms. The summed E-state index contributed by atoms with van der Waals surface area (Å²) in [7, 11) is 0. The van der Waals surface area contributed by atoms with E-state index in [0.29, 0.717) is 5.92 Å². The van der Waals surface area contributed by atoms with Crippen molar-refractivity contribution in [1.29, 1.82) is 0 Å². The average Bonchev–Trinajstić information content (AvgIpc) is 3.29. The predicted molar refractivity (Wildman–Crippen MR) is 147 cm³/mol. The smallest absolute Gasteiger partial charge is 0.160 e. The van der Waals surface area contributed by atoms with Crippen molar-refractivity contribution in [3.05, 3.63) is 64.5 Å². The van der Waals surface area contributed by atoms with E-state index >= 15 is 0 Å². The lowest BCUT2D eigenvalue weighted by atomic mass is 9.96. The molecule has 0 aromatic heterocycles. The molecule has 4 heteroatoms. The summed E-state index contributed by atoms with van der Waals surface area (Å²) >= 11 is 0. The van der Waals surface area contributed by atoms with Gasteiger partial charge in [0.15, 0.2) is 5.78 Å². The van der Waals surface area contributed by atoms with Crippen molar-refractivity contribution < 1.29 is 14.0 Å². The fraction of sp³-hybridized carbons (Fsp3) is 0.548. The fourth-order valence-corrected chi connectivity index (χ4v) is 4.41. The first-order chi connectivity index (χ1) is 16.7. The van der Waals surface area contributed by atoms with E-state index in [2.05, 4.69) is 24.0 Å². The van der Waals surface area contributed by atoms with E-state index in [-0.39, 0.29) is 17.5 Å². The van der Waals surface area contributed by atoms with Crippen LogP contribution in [0.1, 0.15) is 94.3 Å². The summed E-state index contributed by atoms with van der Waals surface area (Å²) in [5, 5.41) is 0. The highest BCUT2D eigenvalue weighted by atomic mass is 19.1. The molecular formula is C31H46FNO2. The number of hydrogen-bond acceptors (Lipinski definition) is 3. The Labute approximate surface area is 213 Å². The van der Waals surface area contributed by atoms with Gasteiger partial charge in [0.05, 0.1) is 5.69 Å². The van der Waals surface area contributed by atoms with Crippen LogP contribution >= 0.6 is 0 Å². The summed E-state index contributed by atoms with van der Waals surface area (Å²) in [5.41, 5.74) is 4.86. The Bertz CT molecular complexity index is 922. The number of halogens is 1. The van der Waals surface area contributed by atoms with Crippen LogP contribution in [0.25, 0.3) is 0 Å². The van der Waals surface area contributed by atoms with Crippen molar-refractivity contribution in [2.45, 2.75) is 87.0 Å². The SMILES string of the molecule is CC.CC(C)C=O.CCC[C@@H]1CCN(c2ccc(CCCc3cc(C)ccc3C(C)=O)cc2F)C1. The third-order valence-electron chi connectivity index (χ3n) is 6.16. The number of aryl methyl sites for hydroxylation is 3. The van der Waals surface area contributed by atoms with Gasteiger partial charge in [-0.25, -0.2) is 4.39 Å². The lowest BCUT2D eigenvalue weighted by molar-refractivity contribution is -0.110. The van der Waals surface area contributed by atoms with Crippen molar-refractivity contribution >= 4 is 17.8 Å². The number of anilines is 1. The monoisotopic (exact) mass is 483 g/mol. The molecule has 0 saturated carbocycles. The largest absolute Gasteiger partial charge is 0.369 e. The molecule has 1 aliphatic rings. The lowest BCUT2D eigenvalue weighted by Gasteiger charge is -2.20. The van der Waals surface area contributed by atoms with E-state index in [1.54, 1.807) is 13.0 Å². The number of Topliss-reactive ketones (excluding diaryl/α,β-unsaturated/α-hetero) is 1. The Kier molecular flexibility index (Phi) is 14.2. The summed E-state index contributed by atoms with van der Waals surface area (Å²) < 4.78 is 14.7. The predicted octanol–water partition coefficient (Wildman–Crippen LogP) is 8.01. The highest BCUT2D eigenvalue weighted by Crippen LogP contribution is 2.29. The normalized spacial score (nSPS) is 14.7. The minimum Gasteiger partial charge on any atom is -0.369 e. The number of rotatable bonds is 9. The number of carbonyl (C=O) groups excluding carboxylic acids is 2. The van der Waals surface area contributed by atoms with Crippen LogP contribution in [0.2, 0.25) is 0 Å². The molecule has 3 rings (SSSR count). The number of benzene rings is 2. The first kappa shape index (κ1) is 30.5. The van der Waals surface area contributed by atoms with Crippen LogP contribution < -0.4 is 4.90 Å². The van der Waals surface area contributed by atoms with Crippen molar-refractivity contribution in [2.75, 3.05) is 18.0 Å². The Morgan fingerprint density at radius 3 is 2.40 bits per heavy atom. The molecule has 0 radical (unpaired) electrons. The van der Waals surface area contributed by atoms with E-state index < -0.39 is 0 Å². The van der Waals surface area contributed by atoms with Crippen LogP contribution in [0, 0.1) is 24.6 Å². The molecule has 1 heterocycles. The Morgan fingerprint density at radius 1 is 1.14 bits per heavy atom. The second kappa shape index (κ2) is 16.2. The molecule has 0 N–H and O–H groups in total. The van der Waals surface area contributed by atoms with E-state index in [9.17, 15) is 14.0 Å². The van der Waals surface area contributed by atoms with Gasteiger partial charge in [-0.3, -0.25) is 4.79 Å². The molecule has 3 nitrogen and oxygen atoms in total. The van der Waals surface area contributed by atoms with Crippen molar-refractivity contribution in [2.24, 2.45) is 11.8 Å². The molecular weight excluding hydrogens is 437 g/mol. The van der Waals surface area contributed by atoms with Gasteiger partial charge in [-0.2, -0.15) is 0 Å². The highest BCUT2D eigenvalue weighted by Gasteiger charge is 2.23. The van der Waals surface area contributed by atoms with Gasteiger partial charge in [-0.15, -0.1) is 0 Å². The number of hydrogen-bond donors (Lipinski definition) is 0. The number of nitrogens with zero attached hydrogens (tertiary/aromatic N) is 1. The summed E-state index contributed by atoms with van der Waals surface area (Å²) in [6.45, 7) is 15.5. The van der Waals surface area contributed by atoms with E-state index in [4.69, 9.17) is 0 Å². The number of carbonyl (C=O) groups is 2. The first-order valence-corrected chi connectivity index (χ1v) is 13.3. The maximum atomic E-state index is 14.7. The molecule has 0 bridgehead atoms. The quantitative estimate of drug-likeness (QED) is 0.268. The molecule has 0 aliphatic carbocycles. The zero-order valence-electron chi connectivity index (χ0n) is 23.0. The minimum atomic E-state index is -0.102. The fourth-order valence-electron chi connectivity index (χ4n) is 4.41. The highest BCUT2D eigenvalue weighted by molar-refractivity contribution is 5.95. The summed E-state index contributed by atoms with van der Waals surface area (Å²) in [6.07, 6.45) is 7.09. The van der Waals surface area contributed by atoms with Crippen LogP contribution in [-0.4, -0.2) is 25.2 Å². The molecule has 35 heavy (non-hydrogen) atoms. The molecule has 2 aromatic carbocycles. The van der Waals surface area contributed by atoms with Crippen molar-refractivity contribution in [3.63, 3.8) is 0 Å². The van der Waals surface area contributed by atoms with Crippen LogP contribution in [-0.2, 0) is 17.6 Å². The van der Waals surface area contributed by atoms with Gasteiger partial charge in [-0.05, 0) is 75.1 Å². The van der Waals surface area contributed by atoms with E-state index in [1.165, 1.54) is 24.8 Å². The summed E-state index contributed by atoms with van der Waals surface area (Å²) in [4.78, 5) is 23.5. The van der Waals surface area contributed by atoms with Crippen LogP contribution in [0.5, 0.6) is 0 Å². The molecule has 1 atom stereocenters. The van der Waals surface area contributed by atoms with Gasteiger partial charge < -0.3 is 9.69 Å². The molecule has 0 amide bonds. The van der Waals surface area contributed by atoms with Gasteiger partial charge in [0, 0.05) is 24.6 Å². The number of ketones is 1. The van der Waals surface area contributed by atoms with Crippen LogP contribution in [0.3, 0.4) is 0 Å². The second-order valence-electron chi connectivity index (χ2n) is 9.63. The Hall–Kier alpha value is -2.49. The number of aldehydes is 1.